The van der Waals surface area contributed by atoms with Gasteiger partial charge in [-0.25, -0.2) is 4.79 Å². The molecule has 1 amide bonds. The molecule has 1 fully saturated rings. The molecule has 1 unspecified atom stereocenters. The number of hydrogen-bond acceptors (Lipinski definition) is 4. The van der Waals surface area contributed by atoms with Crippen LogP contribution in [0.15, 0.2) is 24.3 Å². The Morgan fingerprint density at radius 1 is 1.37 bits per heavy atom. The lowest BCUT2D eigenvalue weighted by Crippen LogP contribution is -2.24. The molecule has 2 rings (SSSR count). The predicted molar refractivity (Wildman–Crippen MR) is 69.2 cm³/mol. The van der Waals surface area contributed by atoms with Crippen LogP contribution < -0.4 is 15.4 Å². The standard InChI is InChI=1S/C13H16N2O4/c16-12(17)8-19-11-3-1-10(2-4-11)15-13(18)9-5-6-14-7-9/h1-4,9,14H,5-8H2,(H,15,18)(H,16,17). The second-order valence-electron chi connectivity index (χ2n) is 4.39. The van der Waals surface area contributed by atoms with Gasteiger partial charge in [0.25, 0.3) is 0 Å². The molecule has 1 aliphatic heterocycles. The first-order valence-corrected chi connectivity index (χ1v) is 6.11. The van der Waals surface area contributed by atoms with Crippen molar-refractivity contribution in [3.05, 3.63) is 24.3 Å². The van der Waals surface area contributed by atoms with Crippen molar-refractivity contribution < 1.29 is 19.4 Å². The monoisotopic (exact) mass is 264 g/mol. The van der Waals surface area contributed by atoms with Crippen molar-refractivity contribution in [1.29, 1.82) is 0 Å². The first kappa shape index (κ1) is 13.4. The van der Waals surface area contributed by atoms with Crippen LogP contribution in [0.3, 0.4) is 0 Å². The number of ether oxygens (including phenoxy) is 1. The zero-order valence-electron chi connectivity index (χ0n) is 10.4. The number of anilines is 1. The minimum Gasteiger partial charge on any atom is -0.482 e. The molecule has 0 saturated carbocycles. The van der Waals surface area contributed by atoms with Crippen LogP contribution in [0.5, 0.6) is 5.75 Å². The van der Waals surface area contributed by atoms with Crippen LogP contribution in [0.1, 0.15) is 6.42 Å². The Labute approximate surface area is 110 Å². The number of carbonyl (C=O) groups excluding carboxylic acids is 1. The Bertz CT molecular complexity index is 452. The van der Waals surface area contributed by atoms with Crippen LogP contribution in [-0.2, 0) is 9.59 Å². The number of amides is 1. The van der Waals surface area contributed by atoms with Crippen LogP contribution in [0.25, 0.3) is 0 Å². The van der Waals surface area contributed by atoms with Crippen molar-refractivity contribution in [3.63, 3.8) is 0 Å². The van der Waals surface area contributed by atoms with Crippen molar-refractivity contribution in [2.24, 2.45) is 5.92 Å². The van der Waals surface area contributed by atoms with E-state index in [2.05, 4.69) is 10.6 Å². The van der Waals surface area contributed by atoms with E-state index in [4.69, 9.17) is 9.84 Å². The molecule has 1 saturated heterocycles. The number of benzene rings is 1. The van der Waals surface area contributed by atoms with Gasteiger partial charge in [0.2, 0.25) is 5.91 Å². The number of aliphatic carboxylic acids is 1. The Morgan fingerprint density at radius 3 is 2.68 bits per heavy atom. The lowest BCUT2D eigenvalue weighted by atomic mass is 10.1. The molecule has 0 aliphatic carbocycles. The van der Waals surface area contributed by atoms with Gasteiger partial charge in [-0.15, -0.1) is 0 Å². The van der Waals surface area contributed by atoms with Gasteiger partial charge in [0, 0.05) is 12.2 Å². The fourth-order valence-electron chi connectivity index (χ4n) is 1.90. The summed E-state index contributed by atoms with van der Waals surface area (Å²) in [7, 11) is 0. The lowest BCUT2D eigenvalue weighted by Gasteiger charge is -2.10. The molecule has 1 aromatic rings. The van der Waals surface area contributed by atoms with Gasteiger partial charge in [-0.05, 0) is 37.2 Å². The van der Waals surface area contributed by atoms with Crippen LogP contribution in [-0.4, -0.2) is 36.7 Å². The van der Waals surface area contributed by atoms with E-state index in [0.29, 0.717) is 18.0 Å². The highest BCUT2D eigenvalue weighted by atomic mass is 16.5. The van der Waals surface area contributed by atoms with Crippen molar-refractivity contribution in [1.82, 2.24) is 5.32 Å². The lowest BCUT2D eigenvalue weighted by molar-refractivity contribution is -0.139. The van der Waals surface area contributed by atoms with Gasteiger partial charge in [0.1, 0.15) is 5.75 Å². The van der Waals surface area contributed by atoms with Gasteiger partial charge in [-0.2, -0.15) is 0 Å². The molecule has 1 atom stereocenters. The third-order valence-corrected chi connectivity index (χ3v) is 2.92. The van der Waals surface area contributed by atoms with E-state index in [1.54, 1.807) is 24.3 Å². The highest BCUT2D eigenvalue weighted by molar-refractivity contribution is 5.92. The molecule has 0 spiro atoms. The Morgan fingerprint density at radius 2 is 2.11 bits per heavy atom. The zero-order valence-corrected chi connectivity index (χ0v) is 10.4. The topological polar surface area (TPSA) is 87.7 Å². The van der Waals surface area contributed by atoms with E-state index in [1.807, 2.05) is 0 Å². The largest absolute Gasteiger partial charge is 0.482 e. The molecule has 0 bridgehead atoms. The maximum Gasteiger partial charge on any atom is 0.341 e. The third-order valence-electron chi connectivity index (χ3n) is 2.92. The summed E-state index contributed by atoms with van der Waals surface area (Å²) in [4.78, 5) is 22.2. The first-order chi connectivity index (χ1) is 9.15. The molecular formula is C13H16N2O4. The predicted octanol–water partition coefficient (Wildman–Crippen LogP) is 0.698. The second kappa shape index (κ2) is 6.19. The summed E-state index contributed by atoms with van der Waals surface area (Å²) in [5.41, 5.74) is 0.680. The van der Waals surface area contributed by atoms with Gasteiger partial charge >= 0.3 is 5.97 Å². The molecule has 0 aromatic heterocycles. The Balaban J connectivity index is 1.87. The van der Waals surface area contributed by atoms with Gasteiger partial charge in [0.15, 0.2) is 6.61 Å². The summed E-state index contributed by atoms with van der Waals surface area (Å²) in [5, 5.41) is 14.4. The summed E-state index contributed by atoms with van der Waals surface area (Å²) >= 11 is 0. The number of nitrogens with one attached hydrogen (secondary N) is 2. The summed E-state index contributed by atoms with van der Waals surface area (Å²) in [6.07, 6.45) is 0.853. The van der Waals surface area contributed by atoms with E-state index in [9.17, 15) is 9.59 Å². The minimum atomic E-state index is -1.02. The molecule has 6 nitrogen and oxygen atoms in total. The second-order valence-corrected chi connectivity index (χ2v) is 4.39. The number of rotatable bonds is 5. The van der Waals surface area contributed by atoms with E-state index < -0.39 is 5.97 Å². The average molecular weight is 264 g/mol. The fraction of sp³-hybridized carbons (Fsp3) is 0.385. The molecule has 1 aliphatic rings. The molecule has 1 heterocycles. The number of carboxylic acids is 1. The average Bonchev–Trinajstić information content (AvgIpc) is 2.92. The Hall–Kier alpha value is -2.08. The van der Waals surface area contributed by atoms with Crippen molar-refractivity contribution in [2.75, 3.05) is 25.0 Å². The normalized spacial score (nSPS) is 18.0. The van der Waals surface area contributed by atoms with E-state index in [0.717, 1.165) is 13.0 Å². The molecule has 3 N–H and O–H groups in total. The van der Waals surface area contributed by atoms with Crippen molar-refractivity contribution in [3.8, 4) is 5.75 Å². The first-order valence-electron chi connectivity index (χ1n) is 6.11. The molecular weight excluding hydrogens is 248 g/mol. The maximum absolute atomic E-state index is 11.9. The van der Waals surface area contributed by atoms with E-state index in [1.165, 1.54) is 0 Å². The summed E-state index contributed by atoms with van der Waals surface area (Å²) < 4.78 is 5.00. The van der Waals surface area contributed by atoms with Crippen molar-refractivity contribution in [2.45, 2.75) is 6.42 Å². The SMILES string of the molecule is O=C(O)COc1ccc(NC(=O)C2CCNC2)cc1. The van der Waals surface area contributed by atoms with E-state index in [-0.39, 0.29) is 18.4 Å². The molecule has 1 aromatic carbocycles. The summed E-state index contributed by atoms with van der Waals surface area (Å²) in [6, 6.07) is 6.64. The zero-order chi connectivity index (χ0) is 13.7. The van der Waals surface area contributed by atoms with Gasteiger partial charge < -0.3 is 20.5 Å². The summed E-state index contributed by atoms with van der Waals surface area (Å²) in [6.45, 7) is 1.21. The molecule has 6 heteroatoms. The highest BCUT2D eigenvalue weighted by Gasteiger charge is 2.22. The molecule has 19 heavy (non-hydrogen) atoms. The van der Waals surface area contributed by atoms with Crippen LogP contribution in [0.4, 0.5) is 5.69 Å². The van der Waals surface area contributed by atoms with Gasteiger partial charge in [-0.3, -0.25) is 4.79 Å². The van der Waals surface area contributed by atoms with Gasteiger partial charge in [0.05, 0.1) is 5.92 Å². The molecule has 0 radical (unpaired) electrons. The smallest absolute Gasteiger partial charge is 0.341 e. The van der Waals surface area contributed by atoms with Crippen LogP contribution >= 0.6 is 0 Å². The maximum atomic E-state index is 11.9. The quantitative estimate of drug-likeness (QED) is 0.728. The van der Waals surface area contributed by atoms with Crippen molar-refractivity contribution >= 4 is 17.6 Å². The third kappa shape index (κ3) is 3.96. The number of carboxylic acid groups (broad SMARTS) is 1. The minimum absolute atomic E-state index is 0.00389. The van der Waals surface area contributed by atoms with Crippen LogP contribution in [0, 0.1) is 5.92 Å². The number of carbonyl (C=O) groups is 2. The highest BCUT2D eigenvalue weighted by Crippen LogP contribution is 2.17. The Kier molecular flexibility index (Phi) is 4.35. The molecule has 102 valence electrons. The fourth-order valence-corrected chi connectivity index (χ4v) is 1.90. The summed E-state index contributed by atoms with van der Waals surface area (Å²) in [5.74, 6) is -0.541. The number of hydrogen-bond donors (Lipinski definition) is 3. The van der Waals surface area contributed by atoms with Gasteiger partial charge in [-0.1, -0.05) is 0 Å². The van der Waals surface area contributed by atoms with E-state index >= 15 is 0 Å². The van der Waals surface area contributed by atoms with Crippen LogP contribution in [0.2, 0.25) is 0 Å².